The van der Waals surface area contributed by atoms with E-state index in [2.05, 4.69) is 41.3 Å². The number of anilines is 1. The van der Waals surface area contributed by atoms with Crippen LogP contribution in [0.3, 0.4) is 0 Å². The van der Waals surface area contributed by atoms with E-state index in [9.17, 15) is 4.79 Å². The highest BCUT2D eigenvalue weighted by Crippen LogP contribution is 2.29. The maximum absolute atomic E-state index is 12.5. The number of aryl methyl sites for hydroxylation is 2. The lowest BCUT2D eigenvalue weighted by molar-refractivity contribution is 0.102. The molecule has 23 heavy (non-hydrogen) atoms. The molecule has 0 radical (unpaired) electrons. The molecule has 2 aromatic heterocycles. The normalized spacial score (nSPS) is 11.2. The molecule has 0 saturated carbocycles. The highest BCUT2D eigenvalue weighted by atomic mass is 32.1. The zero-order valence-electron chi connectivity index (χ0n) is 12.8. The Balaban J connectivity index is 1.68. The summed E-state index contributed by atoms with van der Waals surface area (Å²) >= 11 is 1.50. The van der Waals surface area contributed by atoms with E-state index in [1.54, 1.807) is 6.20 Å². The van der Waals surface area contributed by atoms with E-state index in [0.717, 1.165) is 21.1 Å². The second-order valence-electron chi connectivity index (χ2n) is 5.63. The molecule has 0 aliphatic heterocycles. The maximum Gasteiger partial charge on any atom is 0.259 e. The lowest BCUT2D eigenvalue weighted by Gasteiger charge is -1.99. The van der Waals surface area contributed by atoms with Gasteiger partial charge in [-0.3, -0.25) is 10.1 Å². The fourth-order valence-electron chi connectivity index (χ4n) is 2.66. The van der Waals surface area contributed by atoms with Gasteiger partial charge in [0.1, 0.15) is 0 Å². The Kier molecular flexibility index (Phi) is 3.16. The van der Waals surface area contributed by atoms with E-state index in [0.29, 0.717) is 10.7 Å². The van der Waals surface area contributed by atoms with Gasteiger partial charge in [0.2, 0.25) is 0 Å². The highest BCUT2D eigenvalue weighted by Gasteiger charge is 2.14. The molecule has 1 amide bonds. The summed E-state index contributed by atoms with van der Waals surface area (Å²) in [5.74, 6) is -0.144. The molecule has 4 rings (SSSR count). The first-order valence-electron chi connectivity index (χ1n) is 7.37. The topological polar surface area (TPSA) is 57.8 Å². The third kappa shape index (κ3) is 2.39. The summed E-state index contributed by atoms with van der Waals surface area (Å²) in [6, 6.07) is 11.9. The molecular weight excluding hydrogens is 306 g/mol. The monoisotopic (exact) mass is 321 g/mol. The summed E-state index contributed by atoms with van der Waals surface area (Å²) in [5, 5.41) is 4.45. The van der Waals surface area contributed by atoms with Gasteiger partial charge in [0, 0.05) is 17.1 Å². The van der Waals surface area contributed by atoms with Crippen LogP contribution in [-0.4, -0.2) is 15.9 Å². The Morgan fingerprint density at radius 1 is 1.17 bits per heavy atom. The largest absolute Gasteiger partial charge is 0.360 e. The number of carbonyl (C=O) groups excluding carboxylic acids is 1. The molecule has 4 aromatic rings. The first kappa shape index (κ1) is 14.0. The smallest absolute Gasteiger partial charge is 0.259 e. The van der Waals surface area contributed by atoms with E-state index < -0.39 is 0 Å². The molecule has 0 aliphatic rings. The number of benzene rings is 2. The highest BCUT2D eigenvalue weighted by molar-refractivity contribution is 7.22. The van der Waals surface area contributed by atoms with E-state index >= 15 is 0 Å². The van der Waals surface area contributed by atoms with Crippen LogP contribution < -0.4 is 5.32 Å². The predicted molar refractivity (Wildman–Crippen MR) is 95.3 cm³/mol. The van der Waals surface area contributed by atoms with Gasteiger partial charge in [-0.15, -0.1) is 0 Å². The first-order chi connectivity index (χ1) is 11.1. The minimum absolute atomic E-state index is 0.144. The molecule has 0 saturated heterocycles. The van der Waals surface area contributed by atoms with Gasteiger partial charge in [-0.1, -0.05) is 29.5 Å². The SMILES string of the molecule is Cc1cc2nc(NC(=O)c3c[nH]c4ccccc34)sc2cc1C. The van der Waals surface area contributed by atoms with Crippen LogP contribution in [0.4, 0.5) is 5.13 Å². The first-order valence-corrected chi connectivity index (χ1v) is 8.19. The molecule has 0 unspecified atom stereocenters. The van der Waals surface area contributed by atoms with Crippen LogP contribution in [0.25, 0.3) is 21.1 Å². The van der Waals surface area contributed by atoms with Gasteiger partial charge in [-0.25, -0.2) is 4.98 Å². The van der Waals surface area contributed by atoms with Crippen LogP contribution in [0.5, 0.6) is 0 Å². The number of nitrogens with one attached hydrogen (secondary N) is 2. The summed E-state index contributed by atoms with van der Waals surface area (Å²) in [4.78, 5) is 20.2. The summed E-state index contributed by atoms with van der Waals surface area (Å²) in [7, 11) is 0. The van der Waals surface area contributed by atoms with E-state index in [1.807, 2.05) is 24.3 Å². The molecule has 0 spiro atoms. The lowest BCUT2D eigenvalue weighted by Crippen LogP contribution is -2.10. The van der Waals surface area contributed by atoms with Crippen LogP contribution in [0.1, 0.15) is 21.5 Å². The van der Waals surface area contributed by atoms with Crippen LogP contribution in [-0.2, 0) is 0 Å². The Morgan fingerprint density at radius 2 is 1.96 bits per heavy atom. The Hall–Kier alpha value is -2.66. The Labute approximate surface area is 137 Å². The molecule has 4 nitrogen and oxygen atoms in total. The number of carbonyl (C=O) groups is 1. The van der Waals surface area contributed by atoms with Gasteiger partial charge in [0.25, 0.3) is 5.91 Å². The molecule has 2 aromatic carbocycles. The number of H-pyrrole nitrogens is 1. The minimum Gasteiger partial charge on any atom is -0.360 e. The molecule has 5 heteroatoms. The van der Waals surface area contributed by atoms with Gasteiger partial charge < -0.3 is 4.98 Å². The van der Waals surface area contributed by atoms with Gasteiger partial charge in [0.05, 0.1) is 15.8 Å². The number of amides is 1. The van der Waals surface area contributed by atoms with Crippen molar-refractivity contribution in [2.24, 2.45) is 0 Å². The minimum atomic E-state index is -0.144. The number of aromatic nitrogens is 2. The molecule has 2 N–H and O–H groups in total. The lowest BCUT2D eigenvalue weighted by atomic mass is 10.1. The van der Waals surface area contributed by atoms with Crippen molar-refractivity contribution in [2.45, 2.75) is 13.8 Å². The second-order valence-corrected chi connectivity index (χ2v) is 6.66. The average molecular weight is 321 g/mol. The maximum atomic E-state index is 12.5. The van der Waals surface area contributed by atoms with Gasteiger partial charge in [-0.05, 0) is 43.2 Å². The van der Waals surface area contributed by atoms with Gasteiger partial charge >= 0.3 is 0 Å². The second kappa shape index (κ2) is 5.21. The van der Waals surface area contributed by atoms with Crippen molar-refractivity contribution in [1.29, 1.82) is 0 Å². The number of hydrogen-bond donors (Lipinski definition) is 2. The molecule has 0 fully saturated rings. The summed E-state index contributed by atoms with van der Waals surface area (Å²) in [6.45, 7) is 4.15. The summed E-state index contributed by atoms with van der Waals surface area (Å²) in [5.41, 5.74) is 4.95. The number of thiazole rings is 1. The standard InChI is InChI=1S/C18H15N3OS/c1-10-7-15-16(8-11(10)2)23-18(20-15)21-17(22)13-9-19-14-6-4-3-5-12(13)14/h3-9,19H,1-2H3,(H,20,21,22). The number of hydrogen-bond acceptors (Lipinski definition) is 3. The van der Waals surface area contributed by atoms with Crippen molar-refractivity contribution in [3.8, 4) is 0 Å². The van der Waals surface area contributed by atoms with E-state index in [-0.39, 0.29) is 5.91 Å². The van der Waals surface area contributed by atoms with Crippen molar-refractivity contribution in [3.63, 3.8) is 0 Å². The van der Waals surface area contributed by atoms with Crippen LogP contribution in [0, 0.1) is 13.8 Å². The van der Waals surface area contributed by atoms with Crippen molar-refractivity contribution < 1.29 is 4.79 Å². The van der Waals surface area contributed by atoms with Gasteiger partial charge in [-0.2, -0.15) is 0 Å². The van der Waals surface area contributed by atoms with Crippen molar-refractivity contribution in [2.75, 3.05) is 5.32 Å². The average Bonchev–Trinajstić information content (AvgIpc) is 3.11. The Bertz CT molecular complexity index is 1010. The summed E-state index contributed by atoms with van der Waals surface area (Å²) < 4.78 is 1.09. The van der Waals surface area contributed by atoms with Crippen LogP contribution in [0.2, 0.25) is 0 Å². The van der Waals surface area contributed by atoms with E-state index in [4.69, 9.17) is 0 Å². The number of nitrogens with zero attached hydrogens (tertiary/aromatic N) is 1. The molecule has 2 heterocycles. The number of fused-ring (bicyclic) bond motifs is 2. The van der Waals surface area contributed by atoms with Crippen LogP contribution >= 0.6 is 11.3 Å². The fourth-order valence-corrected chi connectivity index (χ4v) is 3.60. The summed E-state index contributed by atoms with van der Waals surface area (Å²) in [6.07, 6.45) is 1.74. The molecule has 0 bridgehead atoms. The zero-order valence-corrected chi connectivity index (χ0v) is 13.6. The third-order valence-electron chi connectivity index (χ3n) is 4.06. The fraction of sp³-hybridized carbons (Fsp3) is 0.111. The molecule has 114 valence electrons. The van der Waals surface area contributed by atoms with Crippen molar-refractivity contribution in [3.05, 3.63) is 59.3 Å². The van der Waals surface area contributed by atoms with Crippen molar-refractivity contribution in [1.82, 2.24) is 9.97 Å². The number of aromatic amines is 1. The third-order valence-corrected chi connectivity index (χ3v) is 4.99. The number of rotatable bonds is 2. The molecular formula is C18H15N3OS. The Morgan fingerprint density at radius 3 is 2.83 bits per heavy atom. The van der Waals surface area contributed by atoms with Crippen molar-refractivity contribution >= 4 is 43.5 Å². The molecule has 0 atom stereocenters. The predicted octanol–water partition coefficient (Wildman–Crippen LogP) is 4.65. The van der Waals surface area contributed by atoms with Gasteiger partial charge in [0.15, 0.2) is 5.13 Å². The zero-order chi connectivity index (χ0) is 16.0. The number of para-hydroxylation sites is 1. The molecule has 0 aliphatic carbocycles. The quantitative estimate of drug-likeness (QED) is 0.565. The van der Waals surface area contributed by atoms with E-state index in [1.165, 1.54) is 22.5 Å². The van der Waals surface area contributed by atoms with Crippen LogP contribution in [0.15, 0.2) is 42.6 Å².